The van der Waals surface area contributed by atoms with Crippen LogP contribution in [-0.2, 0) is 0 Å². The summed E-state index contributed by atoms with van der Waals surface area (Å²) >= 11 is 0. The quantitative estimate of drug-likeness (QED) is 0.629. The van der Waals surface area contributed by atoms with Crippen molar-refractivity contribution in [1.82, 2.24) is 5.32 Å². The molecule has 0 spiro atoms. The smallest absolute Gasteiger partial charge is 0.286 e. The first kappa shape index (κ1) is 17.8. The molecular formula is C21H26N2O5. The number of amides is 1. The zero-order valence-electron chi connectivity index (χ0n) is 16.1. The zero-order valence-corrected chi connectivity index (χ0v) is 16.1. The molecule has 1 atom stereocenters. The Bertz CT molecular complexity index is 801. The minimum Gasteiger partial charge on any atom is -0.486 e. The second kappa shape index (κ2) is 6.36. The fourth-order valence-corrected chi connectivity index (χ4v) is 6.55. The van der Waals surface area contributed by atoms with E-state index in [9.17, 15) is 14.9 Å². The molecule has 150 valence electrons. The first-order valence-electron chi connectivity index (χ1n) is 10.3. The van der Waals surface area contributed by atoms with Gasteiger partial charge in [0.15, 0.2) is 11.5 Å². The van der Waals surface area contributed by atoms with E-state index in [0.29, 0.717) is 24.7 Å². The molecule has 4 saturated carbocycles. The molecule has 0 aromatic heterocycles. The molecule has 1 N–H and O–H groups in total. The summed E-state index contributed by atoms with van der Waals surface area (Å²) < 4.78 is 11.0. The van der Waals surface area contributed by atoms with E-state index in [1.807, 2.05) is 0 Å². The summed E-state index contributed by atoms with van der Waals surface area (Å²) in [4.78, 5) is 24.1. The summed E-state index contributed by atoms with van der Waals surface area (Å²) in [6.07, 6.45) is 7.53. The number of nitro groups is 1. The Kier molecular flexibility index (Phi) is 4.03. The number of hydrogen-bond donors (Lipinski definition) is 1. The van der Waals surface area contributed by atoms with Crippen molar-refractivity contribution in [3.05, 3.63) is 27.8 Å². The summed E-state index contributed by atoms with van der Waals surface area (Å²) in [7, 11) is 0. The van der Waals surface area contributed by atoms with E-state index in [-0.39, 0.29) is 22.7 Å². The van der Waals surface area contributed by atoms with Crippen LogP contribution in [0.1, 0.15) is 55.8 Å². The monoisotopic (exact) mass is 386 g/mol. The molecule has 6 rings (SSSR count). The lowest BCUT2D eigenvalue weighted by atomic mass is 9.48. The molecule has 0 radical (unpaired) electrons. The number of hydrogen-bond acceptors (Lipinski definition) is 5. The predicted molar refractivity (Wildman–Crippen MR) is 102 cm³/mol. The van der Waals surface area contributed by atoms with E-state index >= 15 is 0 Å². The number of nitrogens with zero attached hydrogens (tertiary/aromatic N) is 1. The van der Waals surface area contributed by atoms with Gasteiger partial charge in [-0.2, -0.15) is 0 Å². The fourth-order valence-electron chi connectivity index (χ4n) is 6.55. The van der Waals surface area contributed by atoms with Crippen molar-refractivity contribution in [2.75, 3.05) is 13.2 Å². The number of carbonyl (C=O) groups excluding carboxylic acids is 1. The van der Waals surface area contributed by atoms with Gasteiger partial charge in [0.05, 0.1) is 11.0 Å². The summed E-state index contributed by atoms with van der Waals surface area (Å²) in [5.74, 6) is 2.68. The molecule has 0 unspecified atom stereocenters. The number of rotatable bonds is 4. The standard InChI is InChI=1S/C21H26N2O5/c1-12(21-9-13-4-14(10-21)6-15(5-13)11-21)22-20(24)16-7-18-19(28-3-2-27-18)8-17(16)23(25)26/h7-8,12-15H,2-6,9-11H2,1H3,(H,22,24)/t12-,13?,14?,15?,21?/m0/s1. The summed E-state index contributed by atoms with van der Waals surface area (Å²) in [5, 5.41) is 14.7. The molecule has 5 aliphatic rings. The molecule has 1 amide bonds. The molecule has 0 saturated heterocycles. The second-order valence-electron chi connectivity index (χ2n) is 9.25. The highest BCUT2D eigenvalue weighted by molar-refractivity contribution is 5.99. The summed E-state index contributed by atoms with van der Waals surface area (Å²) in [6.45, 7) is 2.79. The van der Waals surface area contributed by atoms with Crippen molar-refractivity contribution in [3.63, 3.8) is 0 Å². The minimum absolute atomic E-state index is 0.00112. The van der Waals surface area contributed by atoms with Crippen LogP contribution < -0.4 is 14.8 Å². The highest BCUT2D eigenvalue weighted by Gasteiger charge is 2.53. The topological polar surface area (TPSA) is 90.7 Å². The fraction of sp³-hybridized carbons (Fsp3) is 0.667. The van der Waals surface area contributed by atoms with Gasteiger partial charge in [0.1, 0.15) is 18.8 Å². The molecule has 4 bridgehead atoms. The van der Waals surface area contributed by atoms with Gasteiger partial charge in [0, 0.05) is 12.1 Å². The first-order valence-corrected chi connectivity index (χ1v) is 10.3. The second-order valence-corrected chi connectivity index (χ2v) is 9.25. The van der Waals surface area contributed by atoms with Gasteiger partial charge in [0.2, 0.25) is 0 Å². The van der Waals surface area contributed by atoms with E-state index in [1.54, 1.807) is 0 Å². The van der Waals surface area contributed by atoms with E-state index in [2.05, 4.69) is 12.2 Å². The predicted octanol–water partition coefficient (Wildman–Crippen LogP) is 3.70. The number of ether oxygens (including phenoxy) is 2. The zero-order chi connectivity index (χ0) is 19.5. The normalized spacial score (nSPS) is 33.4. The molecular weight excluding hydrogens is 360 g/mol. The van der Waals surface area contributed by atoms with Crippen LogP contribution in [0.2, 0.25) is 0 Å². The van der Waals surface area contributed by atoms with E-state index < -0.39 is 10.8 Å². The van der Waals surface area contributed by atoms with Gasteiger partial charge in [-0.3, -0.25) is 14.9 Å². The molecule has 7 nitrogen and oxygen atoms in total. The largest absolute Gasteiger partial charge is 0.486 e. The highest BCUT2D eigenvalue weighted by Crippen LogP contribution is 2.61. The maximum atomic E-state index is 13.0. The molecule has 1 aliphatic heterocycles. The number of carbonyl (C=O) groups is 1. The molecule has 1 aromatic rings. The van der Waals surface area contributed by atoms with Gasteiger partial charge in [-0.25, -0.2) is 0 Å². The summed E-state index contributed by atoms with van der Waals surface area (Å²) in [6, 6.07) is 2.76. The highest BCUT2D eigenvalue weighted by atomic mass is 16.6. The molecule has 28 heavy (non-hydrogen) atoms. The Morgan fingerprint density at radius 3 is 2.18 bits per heavy atom. The lowest BCUT2D eigenvalue weighted by Crippen LogP contribution is -2.55. The van der Waals surface area contributed by atoms with Gasteiger partial charge in [-0.05, 0) is 68.6 Å². The van der Waals surface area contributed by atoms with Gasteiger partial charge >= 0.3 is 0 Å². The van der Waals surface area contributed by atoms with Crippen molar-refractivity contribution in [1.29, 1.82) is 0 Å². The van der Waals surface area contributed by atoms with Gasteiger partial charge in [-0.1, -0.05) is 0 Å². The molecule has 4 fully saturated rings. The Morgan fingerprint density at radius 2 is 1.64 bits per heavy atom. The van der Waals surface area contributed by atoms with Crippen LogP contribution in [0.15, 0.2) is 12.1 Å². The lowest BCUT2D eigenvalue weighted by molar-refractivity contribution is -0.385. The van der Waals surface area contributed by atoms with Crippen LogP contribution in [0.4, 0.5) is 5.69 Å². The van der Waals surface area contributed by atoms with Gasteiger partial charge in [-0.15, -0.1) is 0 Å². The summed E-state index contributed by atoms with van der Waals surface area (Å²) in [5.41, 5.74) is -0.0437. The van der Waals surface area contributed by atoms with Crippen LogP contribution in [0.25, 0.3) is 0 Å². The van der Waals surface area contributed by atoms with Crippen LogP contribution in [0, 0.1) is 33.3 Å². The Hall–Kier alpha value is -2.31. The van der Waals surface area contributed by atoms with Crippen molar-refractivity contribution in [2.24, 2.45) is 23.2 Å². The van der Waals surface area contributed by atoms with Crippen molar-refractivity contribution < 1.29 is 19.2 Å². The number of nitrogens with one attached hydrogen (secondary N) is 1. The molecule has 4 aliphatic carbocycles. The van der Waals surface area contributed by atoms with Crippen LogP contribution >= 0.6 is 0 Å². The van der Waals surface area contributed by atoms with Crippen LogP contribution in [0.5, 0.6) is 11.5 Å². The van der Waals surface area contributed by atoms with E-state index in [0.717, 1.165) is 17.8 Å². The third-order valence-corrected chi connectivity index (χ3v) is 7.45. The van der Waals surface area contributed by atoms with Crippen LogP contribution in [-0.4, -0.2) is 30.1 Å². The van der Waals surface area contributed by atoms with Crippen molar-refractivity contribution in [3.8, 4) is 11.5 Å². The van der Waals surface area contributed by atoms with Crippen LogP contribution in [0.3, 0.4) is 0 Å². The number of fused-ring (bicyclic) bond motifs is 1. The van der Waals surface area contributed by atoms with Gasteiger partial charge in [0.25, 0.3) is 11.6 Å². The lowest BCUT2D eigenvalue weighted by Gasteiger charge is -2.59. The average Bonchev–Trinajstić information content (AvgIpc) is 2.65. The molecule has 1 aromatic carbocycles. The van der Waals surface area contributed by atoms with Crippen molar-refractivity contribution >= 4 is 11.6 Å². The Morgan fingerprint density at radius 1 is 1.11 bits per heavy atom. The third-order valence-electron chi connectivity index (χ3n) is 7.45. The molecule has 7 heteroatoms. The SMILES string of the molecule is C[C@H](NC(=O)c1cc2c(cc1[N+](=O)[O-])OCCO2)C12CC3CC(CC(C3)C1)C2. The number of benzene rings is 1. The van der Waals surface area contributed by atoms with E-state index in [4.69, 9.17) is 9.47 Å². The maximum absolute atomic E-state index is 13.0. The van der Waals surface area contributed by atoms with Gasteiger partial charge < -0.3 is 14.8 Å². The number of nitro benzene ring substituents is 1. The molecule has 1 heterocycles. The Balaban J connectivity index is 1.40. The third kappa shape index (κ3) is 2.83. The maximum Gasteiger partial charge on any atom is 0.286 e. The van der Waals surface area contributed by atoms with Crippen molar-refractivity contribution in [2.45, 2.75) is 51.5 Å². The average molecular weight is 386 g/mol. The minimum atomic E-state index is -0.525. The Labute approximate surface area is 163 Å². The first-order chi connectivity index (χ1) is 13.4. The van der Waals surface area contributed by atoms with E-state index in [1.165, 1.54) is 50.7 Å².